The SMILES string of the molecule is Cc1cc(C(=O)N2CCN(Cc3ccncc3Cl)CC2)ccc1NSc1cccc2cccnc12. The largest absolute Gasteiger partial charge is 0.336 e. The molecule has 1 N–H and O–H groups in total. The van der Waals surface area contributed by atoms with E-state index in [0.29, 0.717) is 18.1 Å². The lowest BCUT2D eigenvalue weighted by atomic mass is 10.1. The normalized spacial score (nSPS) is 14.3. The number of para-hydroxylation sites is 1. The van der Waals surface area contributed by atoms with Gasteiger partial charge in [0.2, 0.25) is 0 Å². The Balaban J connectivity index is 1.19. The van der Waals surface area contributed by atoms with E-state index in [1.807, 2.05) is 54.4 Å². The van der Waals surface area contributed by atoms with E-state index in [-0.39, 0.29) is 5.91 Å². The number of amides is 1. The van der Waals surface area contributed by atoms with E-state index in [1.54, 1.807) is 12.4 Å². The lowest BCUT2D eigenvalue weighted by molar-refractivity contribution is 0.0628. The zero-order valence-corrected chi connectivity index (χ0v) is 21.0. The third-order valence-corrected chi connectivity index (χ3v) is 7.46. The summed E-state index contributed by atoms with van der Waals surface area (Å²) in [5.41, 5.74) is 4.77. The second-order valence-corrected chi connectivity index (χ2v) is 9.86. The third kappa shape index (κ3) is 5.42. The lowest BCUT2D eigenvalue weighted by Crippen LogP contribution is -2.48. The number of nitrogens with one attached hydrogen (secondary N) is 1. The summed E-state index contributed by atoms with van der Waals surface area (Å²) < 4.78 is 3.43. The first kappa shape index (κ1) is 23.6. The highest BCUT2D eigenvalue weighted by Gasteiger charge is 2.23. The predicted molar refractivity (Wildman–Crippen MR) is 143 cm³/mol. The zero-order valence-electron chi connectivity index (χ0n) is 19.4. The van der Waals surface area contributed by atoms with Gasteiger partial charge in [-0.2, -0.15) is 0 Å². The molecule has 1 aliphatic rings. The van der Waals surface area contributed by atoms with Crippen molar-refractivity contribution in [3.63, 3.8) is 0 Å². The number of benzene rings is 2. The molecule has 0 spiro atoms. The van der Waals surface area contributed by atoms with Crippen LogP contribution in [0.15, 0.2) is 78.1 Å². The van der Waals surface area contributed by atoms with Crippen molar-refractivity contribution in [3.8, 4) is 0 Å². The van der Waals surface area contributed by atoms with Crippen LogP contribution < -0.4 is 4.72 Å². The Labute approximate surface area is 214 Å². The van der Waals surface area contributed by atoms with Crippen molar-refractivity contribution in [2.24, 2.45) is 0 Å². The van der Waals surface area contributed by atoms with Crippen LogP contribution in [0.1, 0.15) is 21.5 Å². The molecule has 6 nitrogen and oxygen atoms in total. The van der Waals surface area contributed by atoms with Gasteiger partial charge < -0.3 is 9.62 Å². The summed E-state index contributed by atoms with van der Waals surface area (Å²) in [7, 11) is 0. The van der Waals surface area contributed by atoms with Gasteiger partial charge in [0.25, 0.3) is 5.91 Å². The van der Waals surface area contributed by atoms with Crippen LogP contribution in [0.5, 0.6) is 0 Å². The Kier molecular flexibility index (Phi) is 7.18. The van der Waals surface area contributed by atoms with Crippen molar-refractivity contribution in [1.29, 1.82) is 0 Å². The summed E-state index contributed by atoms with van der Waals surface area (Å²) in [6, 6.07) is 18.0. The van der Waals surface area contributed by atoms with E-state index in [4.69, 9.17) is 11.6 Å². The number of pyridine rings is 2. The molecule has 0 unspecified atom stereocenters. The van der Waals surface area contributed by atoms with Crippen molar-refractivity contribution in [2.45, 2.75) is 18.4 Å². The van der Waals surface area contributed by atoms with E-state index < -0.39 is 0 Å². The molecule has 1 saturated heterocycles. The van der Waals surface area contributed by atoms with Gasteiger partial charge in [-0.1, -0.05) is 29.8 Å². The molecular weight excluding hydrogens is 478 g/mol. The van der Waals surface area contributed by atoms with Crippen LogP contribution in [0.3, 0.4) is 0 Å². The van der Waals surface area contributed by atoms with Crippen LogP contribution in [0.25, 0.3) is 10.9 Å². The van der Waals surface area contributed by atoms with E-state index >= 15 is 0 Å². The molecule has 35 heavy (non-hydrogen) atoms. The summed E-state index contributed by atoms with van der Waals surface area (Å²) in [6.45, 7) is 5.83. The van der Waals surface area contributed by atoms with Crippen molar-refractivity contribution >= 4 is 46.0 Å². The molecule has 2 aromatic carbocycles. The minimum atomic E-state index is 0.0761. The van der Waals surface area contributed by atoms with Crippen LogP contribution in [0.4, 0.5) is 5.69 Å². The van der Waals surface area contributed by atoms with Gasteiger partial charge in [0.15, 0.2) is 0 Å². The molecule has 0 atom stereocenters. The number of aromatic nitrogens is 2. The maximum atomic E-state index is 13.2. The van der Waals surface area contributed by atoms with Gasteiger partial charge in [0, 0.05) is 68.0 Å². The average Bonchev–Trinajstić information content (AvgIpc) is 2.89. The number of anilines is 1. The van der Waals surface area contributed by atoms with E-state index in [0.717, 1.165) is 57.8 Å². The van der Waals surface area contributed by atoms with Crippen molar-refractivity contribution in [2.75, 3.05) is 30.9 Å². The van der Waals surface area contributed by atoms with Gasteiger partial charge in [0.05, 0.1) is 15.4 Å². The van der Waals surface area contributed by atoms with E-state index in [9.17, 15) is 4.79 Å². The number of aryl methyl sites for hydroxylation is 1. The maximum Gasteiger partial charge on any atom is 0.253 e. The molecule has 1 amide bonds. The second-order valence-electron chi connectivity index (χ2n) is 8.60. The van der Waals surface area contributed by atoms with Gasteiger partial charge >= 0.3 is 0 Å². The number of carbonyl (C=O) groups is 1. The van der Waals surface area contributed by atoms with Gasteiger partial charge in [-0.25, -0.2) is 0 Å². The van der Waals surface area contributed by atoms with Gasteiger partial charge in [0.1, 0.15) is 0 Å². The molecular formula is C27H26ClN5OS. The molecule has 1 aliphatic heterocycles. The highest BCUT2D eigenvalue weighted by atomic mass is 35.5. The molecule has 8 heteroatoms. The second kappa shape index (κ2) is 10.6. The molecule has 2 aromatic heterocycles. The Hall–Kier alpha value is -3.13. The standard InChI is InChI=1S/C27H26ClN5OS/c1-19-16-21(7-8-24(19)31-35-25-6-2-4-20-5-3-10-30-26(20)25)27(34)33-14-12-32(13-15-33)18-22-9-11-29-17-23(22)28/h2-11,16-17,31H,12-15,18H2,1H3. The van der Waals surface area contributed by atoms with Gasteiger partial charge in [-0.15, -0.1) is 0 Å². The fourth-order valence-corrected chi connectivity index (χ4v) is 5.29. The number of hydrogen-bond acceptors (Lipinski definition) is 6. The smallest absolute Gasteiger partial charge is 0.253 e. The predicted octanol–water partition coefficient (Wildman–Crippen LogP) is 5.67. The molecule has 3 heterocycles. The highest BCUT2D eigenvalue weighted by Crippen LogP contribution is 2.29. The Morgan fingerprint density at radius 1 is 1.06 bits per heavy atom. The molecule has 5 rings (SSSR count). The topological polar surface area (TPSA) is 61.4 Å². The van der Waals surface area contributed by atoms with Crippen LogP contribution >= 0.6 is 23.5 Å². The number of halogens is 1. The van der Waals surface area contributed by atoms with Gasteiger partial charge in [-0.05, 0) is 66.4 Å². The van der Waals surface area contributed by atoms with Crippen molar-refractivity contribution in [3.05, 3.63) is 94.9 Å². The summed E-state index contributed by atoms with van der Waals surface area (Å²) in [5.74, 6) is 0.0761. The third-order valence-electron chi connectivity index (χ3n) is 6.25. The maximum absolute atomic E-state index is 13.2. The molecule has 0 radical (unpaired) electrons. The van der Waals surface area contributed by atoms with Crippen LogP contribution in [0, 0.1) is 6.92 Å². The summed E-state index contributed by atoms with van der Waals surface area (Å²) in [4.78, 5) is 27.0. The Morgan fingerprint density at radius 3 is 2.69 bits per heavy atom. The molecule has 0 saturated carbocycles. The van der Waals surface area contributed by atoms with Crippen LogP contribution in [-0.2, 0) is 6.54 Å². The molecule has 4 aromatic rings. The van der Waals surface area contributed by atoms with Crippen LogP contribution in [-0.4, -0.2) is 51.9 Å². The minimum absolute atomic E-state index is 0.0761. The Bertz CT molecular complexity index is 1350. The molecule has 0 aliphatic carbocycles. The first-order chi connectivity index (χ1) is 17.1. The summed E-state index contributed by atoms with van der Waals surface area (Å²) >= 11 is 7.78. The van der Waals surface area contributed by atoms with E-state index in [1.165, 1.54) is 11.9 Å². The van der Waals surface area contributed by atoms with Crippen LogP contribution in [0.2, 0.25) is 5.02 Å². The number of nitrogens with zero attached hydrogens (tertiary/aromatic N) is 4. The quantitative estimate of drug-likeness (QED) is 0.342. The number of rotatable bonds is 6. The monoisotopic (exact) mass is 503 g/mol. The number of hydrogen-bond donors (Lipinski definition) is 1. The summed E-state index contributed by atoms with van der Waals surface area (Å²) in [5, 5.41) is 1.80. The summed E-state index contributed by atoms with van der Waals surface area (Å²) in [6.07, 6.45) is 5.25. The molecule has 178 valence electrons. The Morgan fingerprint density at radius 2 is 1.89 bits per heavy atom. The van der Waals surface area contributed by atoms with Crippen molar-refractivity contribution in [1.82, 2.24) is 19.8 Å². The number of carbonyl (C=O) groups excluding carboxylic acids is 1. The number of piperazine rings is 1. The highest BCUT2D eigenvalue weighted by molar-refractivity contribution is 8.00. The zero-order chi connectivity index (χ0) is 24.2. The first-order valence-electron chi connectivity index (χ1n) is 11.6. The number of fused-ring (bicyclic) bond motifs is 1. The lowest BCUT2D eigenvalue weighted by Gasteiger charge is -2.35. The fourth-order valence-electron chi connectivity index (χ4n) is 4.24. The molecule has 1 fully saturated rings. The average molecular weight is 504 g/mol. The van der Waals surface area contributed by atoms with Gasteiger partial charge in [-0.3, -0.25) is 19.7 Å². The first-order valence-corrected chi connectivity index (χ1v) is 12.8. The van der Waals surface area contributed by atoms with Crippen molar-refractivity contribution < 1.29 is 4.79 Å². The fraction of sp³-hybridized carbons (Fsp3) is 0.222. The van der Waals surface area contributed by atoms with E-state index in [2.05, 4.69) is 37.8 Å². The minimum Gasteiger partial charge on any atom is -0.336 e. The molecule has 0 bridgehead atoms.